The third-order valence-electron chi connectivity index (χ3n) is 3.23. The zero-order valence-electron chi connectivity index (χ0n) is 9.94. The lowest BCUT2D eigenvalue weighted by Crippen LogP contribution is -2.34. The third-order valence-corrected chi connectivity index (χ3v) is 3.23. The molecule has 6 nitrogen and oxygen atoms in total. The largest absolute Gasteiger partial charge is 0.396 e. The van der Waals surface area contributed by atoms with Crippen LogP contribution >= 0.6 is 0 Å². The van der Waals surface area contributed by atoms with E-state index in [1.54, 1.807) is 4.90 Å². The van der Waals surface area contributed by atoms with Crippen LogP contribution in [-0.2, 0) is 0 Å². The number of carbonyl (C=O) groups excluding carboxylic acids is 1. The molecule has 0 radical (unpaired) electrons. The molecule has 17 heavy (non-hydrogen) atoms. The average Bonchev–Trinajstić information content (AvgIpc) is 2.59. The fourth-order valence-electron chi connectivity index (χ4n) is 2.09. The highest BCUT2D eigenvalue weighted by Gasteiger charge is 2.28. The van der Waals surface area contributed by atoms with Crippen molar-refractivity contribution in [3.05, 3.63) is 11.9 Å². The van der Waals surface area contributed by atoms with Gasteiger partial charge in [0.25, 0.3) is 5.91 Å². The van der Waals surface area contributed by atoms with E-state index < -0.39 is 5.60 Å². The first-order valence-electron chi connectivity index (χ1n) is 5.80. The van der Waals surface area contributed by atoms with E-state index in [2.05, 4.69) is 10.2 Å². The second-order valence-corrected chi connectivity index (χ2v) is 4.84. The van der Waals surface area contributed by atoms with Crippen molar-refractivity contribution in [2.24, 2.45) is 0 Å². The quantitative estimate of drug-likeness (QED) is 0.658. The van der Waals surface area contributed by atoms with Crippen LogP contribution in [0.2, 0.25) is 0 Å². The molecule has 2 rings (SSSR count). The number of nitrogens with two attached hydrogens (primary N) is 1. The molecule has 1 aliphatic heterocycles. The fraction of sp³-hybridized carbons (Fsp3) is 0.636. The molecule has 0 spiro atoms. The average molecular weight is 238 g/mol. The van der Waals surface area contributed by atoms with Gasteiger partial charge in [0, 0.05) is 13.1 Å². The zero-order valence-corrected chi connectivity index (χ0v) is 9.94. The summed E-state index contributed by atoms with van der Waals surface area (Å²) in [5.74, 6) is -0.141. The number of anilines is 1. The molecule has 1 aromatic rings. The molecule has 0 aromatic carbocycles. The lowest BCUT2D eigenvalue weighted by atomic mass is 9.98. The molecule has 1 saturated heterocycles. The van der Waals surface area contributed by atoms with Gasteiger partial charge in [0.05, 0.1) is 17.5 Å². The molecule has 0 saturated carbocycles. The number of hydrogen-bond donors (Lipinski definition) is 3. The summed E-state index contributed by atoms with van der Waals surface area (Å²) in [4.78, 5) is 13.9. The molecular weight excluding hydrogens is 220 g/mol. The predicted molar refractivity (Wildman–Crippen MR) is 63.4 cm³/mol. The number of likely N-dealkylation sites (tertiary alicyclic amines) is 1. The normalized spacial score (nSPS) is 25.6. The maximum Gasteiger partial charge on any atom is 0.274 e. The van der Waals surface area contributed by atoms with Crippen molar-refractivity contribution in [1.29, 1.82) is 0 Å². The molecule has 6 heteroatoms. The van der Waals surface area contributed by atoms with E-state index in [0.717, 1.165) is 12.8 Å². The Kier molecular flexibility index (Phi) is 3.06. The Balaban J connectivity index is 2.08. The van der Waals surface area contributed by atoms with Crippen LogP contribution < -0.4 is 5.73 Å². The van der Waals surface area contributed by atoms with Gasteiger partial charge in [-0.2, -0.15) is 5.10 Å². The summed E-state index contributed by atoms with van der Waals surface area (Å²) >= 11 is 0. The summed E-state index contributed by atoms with van der Waals surface area (Å²) < 4.78 is 0. The number of carbonyl (C=O) groups is 1. The summed E-state index contributed by atoms with van der Waals surface area (Å²) in [6, 6.07) is 0. The Bertz CT molecular complexity index is 413. The minimum atomic E-state index is -0.672. The van der Waals surface area contributed by atoms with Crippen LogP contribution in [0.25, 0.3) is 0 Å². The van der Waals surface area contributed by atoms with Crippen LogP contribution in [0, 0.1) is 0 Å². The molecular formula is C11H18N4O2. The van der Waals surface area contributed by atoms with Crippen molar-refractivity contribution >= 4 is 11.6 Å². The van der Waals surface area contributed by atoms with Crippen LogP contribution in [0.15, 0.2) is 6.20 Å². The van der Waals surface area contributed by atoms with Gasteiger partial charge in [-0.25, -0.2) is 0 Å². The van der Waals surface area contributed by atoms with Crippen molar-refractivity contribution in [1.82, 2.24) is 15.1 Å². The van der Waals surface area contributed by atoms with Gasteiger partial charge in [-0.05, 0) is 26.2 Å². The molecule has 1 atom stereocenters. The van der Waals surface area contributed by atoms with Crippen LogP contribution in [0.3, 0.4) is 0 Å². The second-order valence-electron chi connectivity index (χ2n) is 4.84. The monoisotopic (exact) mass is 238 g/mol. The standard InChI is InChI=1S/C11H18N4O2/c1-11(17)3-2-5-15(6-4-11)10(16)9-8(12)7-13-14-9/h7,17H,2-6,12H2,1H3,(H,13,14). The second kappa shape index (κ2) is 4.37. The van der Waals surface area contributed by atoms with Crippen molar-refractivity contribution in [3.8, 4) is 0 Å². The summed E-state index contributed by atoms with van der Waals surface area (Å²) in [6.07, 6.45) is 3.54. The van der Waals surface area contributed by atoms with Crippen molar-refractivity contribution < 1.29 is 9.90 Å². The van der Waals surface area contributed by atoms with E-state index in [1.807, 2.05) is 6.92 Å². The Hall–Kier alpha value is -1.56. The lowest BCUT2D eigenvalue weighted by Gasteiger charge is -2.22. The fourth-order valence-corrected chi connectivity index (χ4v) is 2.09. The molecule has 1 amide bonds. The highest BCUT2D eigenvalue weighted by atomic mass is 16.3. The SMILES string of the molecule is CC1(O)CCCN(C(=O)c2[nH]ncc2N)CC1. The molecule has 2 heterocycles. The van der Waals surface area contributed by atoms with Gasteiger partial charge in [-0.3, -0.25) is 9.89 Å². The third kappa shape index (κ3) is 2.58. The lowest BCUT2D eigenvalue weighted by molar-refractivity contribution is 0.0437. The van der Waals surface area contributed by atoms with Gasteiger partial charge >= 0.3 is 0 Å². The molecule has 94 valence electrons. The van der Waals surface area contributed by atoms with Gasteiger partial charge < -0.3 is 15.7 Å². The number of aromatic amines is 1. The highest BCUT2D eigenvalue weighted by Crippen LogP contribution is 2.22. The topological polar surface area (TPSA) is 95.2 Å². The van der Waals surface area contributed by atoms with E-state index in [4.69, 9.17) is 5.73 Å². The number of amides is 1. The van der Waals surface area contributed by atoms with Crippen LogP contribution in [0.4, 0.5) is 5.69 Å². The molecule has 4 N–H and O–H groups in total. The van der Waals surface area contributed by atoms with E-state index in [9.17, 15) is 9.90 Å². The Morgan fingerprint density at radius 3 is 3.00 bits per heavy atom. The Morgan fingerprint density at radius 2 is 2.35 bits per heavy atom. The van der Waals surface area contributed by atoms with E-state index in [-0.39, 0.29) is 5.91 Å². The minimum Gasteiger partial charge on any atom is -0.396 e. The van der Waals surface area contributed by atoms with Crippen molar-refractivity contribution in [2.75, 3.05) is 18.8 Å². The number of aromatic nitrogens is 2. The number of H-pyrrole nitrogens is 1. The molecule has 0 aliphatic carbocycles. The number of nitrogens with zero attached hydrogens (tertiary/aromatic N) is 2. The highest BCUT2D eigenvalue weighted by molar-refractivity contribution is 5.97. The first-order valence-corrected chi connectivity index (χ1v) is 5.80. The summed E-state index contributed by atoms with van der Waals surface area (Å²) in [7, 11) is 0. The van der Waals surface area contributed by atoms with E-state index in [1.165, 1.54) is 6.20 Å². The smallest absolute Gasteiger partial charge is 0.274 e. The predicted octanol–water partition coefficient (Wildman–Crippen LogP) is 0.369. The van der Waals surface area contributed by atoms with Gasteiger partial charge in [-0.1, -0.05) is 0 Å². The van der Waals surface area contributed by atoms with Gasteiger partial charge in [0.15, 0.2) is 0 Å². The summed E-state index contributed by atoms with van der Waals surface area (Å²) in [6.45, 7) is 3.00. The maximum atomic E-state index is 12.1. The number of nitrogen functional groups attached to an aromatic ring is 1. The van der Waals surface area contributed by atoms with Gasteiger partial charge in [-0.15, -0.1) is 0 Å². The number of aliphatic hydroxyl groups is 1. The van der Waals surface area contributed by atoms with Crippen molar-refractivity contribution in [3.63, 3.8) is 0 Å². The molecule has 1 unspecified atom stereocenters. The maximum absolute atomic E-state index is 12.1. The van der Waals surface area contributed by atoms with Crippen LogP contribution in [0.5, 0.6) is 0 Å². The number of nitrogens with one attached hydrogen (secondary N) is 1. The first kappa shape index (κ1) is 11.9. The minimum absolute atomic E-state index is 0.141. The summed E-state index contributed by atoms with van der Waals surface area (Å²) in [5.41, 5.74) is 5.68. The number of rotatable bonds is 1. The first-order chi connectivity index (χ1) is 7.99. The number of hydrogen-bond acceptors (Lipinski definition) is 4. The van der Waals surface area contributed by atoms with E-state index >= 15 is 0 Å². The Morgan fingerprint density at radius 1 is 1.59 bits per heavy atom. The Labute approximate surface area is 99.8 Å². The molecule has 1 aliphatic rings. The molecule has 1 aromatic heterocycles. The molecule has 1 fully saturated rings. The van der Waals surface area contributed by atoms with Crippen LogP contribution in [-0.4, -0.2) is 44.8 Å². The van der Waals surface area contributed by atoms with Gasteiger partial charge in [0.2, 0.25) is 0 Å². The zero-order chi connectivity index (χ0) is 12.5. The summed E-state index contributed by atoms with van der Waals surface area (Å²) in [5, 5.41) is 16.3. The van der Waals surface area contributed by atoms with Gasteiger partial charge in [0.1, 0.15) is 5.69 Å². The van der Waals surface area contributed by atoms with E-state index in [0.29, 0.717) is 30.9 Å². The van der Waals surface area contributed by atoms with Crippen molar-refractivity contribution in [2.45, 2.75) is 31.8 Å². The molecule has 0 bridgehead atoms. The van der Waals surface area contributed by atoms with Crippen LogP contribution in [0.1, 0.15) is 36.7 Å².